The molecule has 0 fully saturated rings. The summed E-state index contributed by atoms with van der Waals surface area (Å²) in [5.74, 6) is 0. The number of rotatable bonds is 4. The molecule has 5 heteroatoms. The van der Waals surface area contributed by atoms with Crippen LogP contribution >= 0.6 is 0 Å². The number of aliphatic hydroxyl groups is 1. The van der Waals surface area contributed by atoms with Gasteiger partial charge in [-0.15, -0.1) is 0 Å². The fourth-order valence-corrected chi connectivity index (χ4v) is 3.78. The Bertz CT molecular complexity index is 799. The van der Waals surface area contributed by atoms with E-state index in [4.69, 9.17) is 0 Å². The number of benzene rings is 2. The van der Waals surface area contributed by atoms with E-state index in [-0.39, 0.29) is 0 Å². The lowest BCUT2D eigenvalue weighted by Gasteiger charge is -2.35. The second-order valence-corrected chi connectivity index (χ2v) is 8.21. The zero-order valence-corrected chi connectivity index (χ0v) is 13.9. The highest BCUT2D eigenvalue weighted by Crippen LogP contribution is 2.35. The van der Waals surface area contributed by atoms with Crippen molar-refractivity contribution in [1.82, 2.24) is 0 Å². The molecule has 0 bridgehead atoms. The number of nitrogens with one attached hydrogen (secondary N) is 1. The first-order chi connectivity index (χ1) is 10.9. The van der Waals surface area contributed by atoms with Gasteiger partial charge in [-0.3, -0.25) is 0 Å². The molecule has 4 nitrogen and oxygen atoms in total. The van der Waals surface area contributed by atoms with Crippen molar-refractivity contribution in [2.45, 2.75) is 29.8 Å². The maximum Gasteiger partial charge on any atom is 0.175 e. The predicted molar refractivity (Wildman–Crippen MR) is 91.3 cm³/mol. The standard InChI is InChI=1S/C18H21NO3S/c1-23(21,22)16-10-8-15(9-11-16)19-13-18(20)12-4-6-14-5-2-3-7-17(14)18/h2-3,5,7-11,19-20H,4,6,12-13H2,1H3/t18-/m1/s1. The molecular formula is C18H21NO3S. The van der Waals surface area contributed by atoms with Crippen LogP contribution in [0.3, 0.4) is 0 Å². The molecule has 2 N–H and O–H groups in total. The van der Waals surface area contributed by atoms with Gasteiger partial charge in [0.1, 0.15) is 5.60 Å². The summed E-state index contributed by atoms with van der Waals surface area (Å²) in [7, 11) is -3.18. The predicted octanol–water partition coefficient (Wildman–Crippen LogP) is 2.73. The highest BCUT2D eigenvalue weighted by molar-refractivity contribution is 7.90. The summed E-state index contributed by atoms with van der Waals surface area (Å²) in [6, 6.07) is 14.6. The number of anilines is 1. The summed E-state index contributed by atoms with van der Waals surface area (Å²) in [6.45, 7) is 0.405. The molecule has 0 spiro atoms. The van der Waals surface area contributed by atoms with Crippen molar-refractivity contribution in [3.8, 4) is 0 Å². The molecule has 0 radical (unpaired) electrons. The third-order valence-electron chi connectivity index (χ3n) is 4.42. The molecule has 23 heavy (non-hydrogen) atoms. The van der Waals surface area contributed by atoms with E-state index in [1.54, 1.807) is 24.3 Å². The van der Waals surface area contributed by atoms with Gasteiger partial charge in [-0.25, -0.2) is 8.42 Å². The van der Waals surface area contributed by atoms with E-state index in [2.05, 4.69) is 11.4 Å². The van der Waals surface area contributed by atoms with E-state index in [0.29, 0.717) is 11.4 Å². The fourth-order valence-electron chi connectivity index (χ4n) is 3.15. The molecule has 0 saturated heterocycles. The van der Waals surface area contributed by atoms with E-state index < -0.39 is 15.4 Å². The summed E-state index contributed by atoms with van der Waals surface area (Å²) in [5, 5.41) is 14.2. The summed E-state index contributed by atoms with van der Waals surface area (Å²) in [5.41, 5.74) is 2.11. The minimum absolute atomic E-state index is 0.296. The van der Waals surface area contributed by atoms with E-state index >= 15 is 0 Å². The van der Waals surface area contributed by atoms with E-state index in [1.807, 2.05) is 18.2 Å². The van der Waals surface area contributed by atoms with Crippen LogP contribution in [0.2, 0.25) is 0 Å². The fraction of sp³-hybridized carbons (Fsp3) is 0.333. The molecule has 0 saturated carbocycles. The molecule has 1 aliphatic rings. The molecule has 0 unspecified atom stereocenters. The van der Waals surface area contributed by atoms with Crippen LogP contribution in [0, 0.1) is 0 Å². The highest BCUT2D eigenvalue weighted by atomic mass is 32.2. The van der Waals surface area contributed by atoms with Gasteiger partial charge in [0.15, 0.2) is 9.84 Å². The van der Waals surface area contributed by atoms with Crippen molar-refractivity contribution >= 4 is 15.5 Å². The van der Waals surface area contributed by atoms with Crippen molar-refractivity contribution in [3.05, 3.63) is 59.7 Å². The molecule has 122 valence electrons. The van der Waals surface area contributed by atoms with Crippen molar-refractivity contribution < 1.29 is 13.5 Å². The largest absolute Gasteiger partial charge is 0.383 e. The minimum atomic E-state index is -3.18. The summed E-state index contributed by atoms with van der Waals surface area (Å²) < 4.78 is 23.0. The number of fused-ring (bicyclic) bond motifs is 1. The molecule has 2 aromatic rings. The minimum Gasteiger partial charge on any atom is -0.383 e. The van der Waals surface area contributed by atoms with Gasteiger partial charge >= 0.3 is 0 Å². The molecule has 1 atom stereocenters. The maximum absolute atomic E-state index is 11.5. The Balaban J connectivity index is 1.76. The van der Waals surface area contributed by atoms with Crippen LogP contribution in [0.5, 0.6) is 0 Å². The second-order valence-electron chi connectivity index (χ2n) is 6.19. The Morgan fingerprint density at radius 3 is 2.52 bits per heavy atom. The molecule has 3 rings (SSSR count). The molecule has 0 aromatic heterocycles. The third-order valence-corrected chi connectivity index (χ3v) is 5.55. The average molecular weight is 331 g/mol. The summed E-state index contributed by atoms with van der Waals surface area (Å²) in [4.78, 5) is 0.296. The smallest absolute Gasteiger partial charge is 0.175 e. The number of sulfone groups is 1. The maximum atomic E-state index is 11.5. The van der Waals surface area contributed by atoms with Gasteiger partial charge in [-0.2, -0.15) is 0 Å². The zero-order chi connectivity index (χ0) is 16.5. The van der Waals surface area contributed by atoms with Crippen LogP contribution in [0.15, 0.2) is 53.4 Å². The van der Waals surface area contributed by atoms with E-state index in [9.17, 15) is 13.5 Å². The van der Waals surface area contributed by atoms with Crippen LogP contribution in [0.4, 0.5) is 5.69 Å². The molecule has 1 aliphatic carbocycles. The molecule has 0 aliphatic heterocycles. The van der Waals surface area contributed by atoms with Gasteiger partial charge in [-0.05, 0) is 54.7 Å². The molecule has 2 aromatic carbocycles. The average Bonchev–Trinajstić information content (AvgIpc) is 2.53. The molecule has 0 heterocycles. The first kappa shape index (κ1) is 16.0. The summed E-state index contributed by atoms with van der Waals surface area (Å²) >= 11 is 0. The van der Waals surface area contributed by atoms with Gasteiger partial charge in [-0.1, -0.05) is 24.3 Å². The van der Waals surface area contributed by atoms with Crippen LogP contribution in [-0.2, 0) is 21.9 Å². The Kier molecular flexibility index (Phi) is 4.17. The highest BCUT2D eigenvalue weighted by Gasteiger charge is 2.33. The monoisotopic (exact) mass is 331 g/mol. The number of hydrogen-bond acceptors (Lipinski definition) is 4. The number of aryl methyl sites for hydroxylation is 1. The van der Waals surface area contributed by atoms with Gasteiger partial charge in [0.25, 0.3) is 0 Å². The van der Waals surface area contributed by atoms with Crippen LogP contribution in [-0.4, -0.2) is 26.3 Å². The van der Waals surface area contributed by atoms with Crippen molar-refractivity contribution in [2.24, 2.45) is 0 Å². The van der Waals surface area contributed by atoms with Gasteiger partial charge in [0, 0.05) is 18.5 Å². The second kappa shape index (κ2) is 5.98. The number of hydrogen-bond donors (Lipinski definition) is 2. The van der Waals surface area contributed by atoms with Crippen LogP contribution < -0.4 is 5.32 Å². The molecule has 0 amide bonds. The third kappa shape index (κ3) is 3.41. The Hall–Kier alpha value is -1.85. The van der Waals surface area contributed by atoms with E-state index in [1.165, 1.54) is 11.8 Å². The zero-order valence-electron chi connectivity index (χ0n) is 13.1. The summed E-state index contributed by atoms with van der Waals surface area (Å²) in [6.07, 6.45) is 3.87. The lowest BCUT2D eigenvalue weighted by atomic mass is 9.79. The normalized spacial score (nSPS) is 20.8. The lowest BCUT2D eigenvalue weighted by molar-refractivity contribution is 0.0323. The van der Waals surface area contributed by atoms with E-state index in [0.717, 1.165) is 30.5 Å². The molecular weight excluding hydrogens is 310 g/mol. The Morgan fingerprint density at radius 2 is 1.83 bits per heavy atom. The SMILES string of the molecule is CS(=O)(=O)c1ccc(NC[C@]2(O)CCCc3ccccc32)cc1. The van der Waals surface area contributed by atoms with Crippen LogP contribution in [0.25, 0.3) is 0 Å². The quantitative estimate of drug-likeness (QED) is 0.904. The Labute approximate surface area is 137 Å². The van der Waals surface area contributed by atoms with Gasteiger partial charge < -0.3 is 10.4 Å². The Morgan fingerprint density at radius 1 is 1.13 bits per heavy atom. The van der Waals surface area contributed by atoms with Gasteiger partial charge in [0.2, 0.25) is 0 Å². The van der Waals surface area contributed by atoms with Crippen molar-refractivity contribution in [2.75, 3.05) is 18.1 Å². The first-order valence-corrected chi connectivity index (χ1v) is 9.62. The van der Waals surface area contributed by atoms with Crippen molar-refractivity contribution in [1.29, 1.82) is 0 Å². The lowest BCUT2D eigenvalue weighted by Crippen LogP contribution is -2.37. The van der Waals surface area contributed by atoms with Gasteiger partial charge in [0.05, 0.1) is 4.90 Å². The van der Waals surface area contributed by atoms with Crippen molar-refractivity contribution in [3.63, 3.8) is 0 Å². The topological polar surface area (TPSA) is 66.4 Å². The van der Waals surface area contributed by atoms with Crippen LogP contribution in [0.1, 0.15) is 24.0 Å². The first-order valence-electron chi connectivity index (χ1n) is 7.73.